The van der Waals surface area contributed by atoms with Gasteiger partial charge < -0.3 is 9.84 Å². The minimum atomic E-state index is -1.35. The molecule has 1 aromatic heterocycles. The number of ether oxygens (including phenoxy) is 1. The maximum atomic E-state index is 13.6. The van der Waals surface area contributed by atoms with Gasteiger partial charge >= 0.3 is 0 Å². The minimum absolute atomic E-state index is 0.0284. The Morgan fingerprint density at radius 3 is 3.00 bits per heavy atom. The number of halogens is 2. The van der Waals surface area contributed by atoms with Crippen molar-refractivity contribution >= 4 is 11.6 Å². The molecule has 2 heterocycles. The molecule has 1 unspecified atom stereocenters. The molecular formula is C14H11ClFNO2. The van der Waals surface area contributed by atoms with Gasteiger partial charge in [-0.15, -0.1) is 0 Å². The zero-order valence-corrected chi connectivity index (χ0v) is 10.7. The predicted octanol–water partition coefficient (Wildman–Crippen LogP) is 2.89. The van der Waals surface area contributed by atoms with Crippen LogP contribution in [0.5, 0.6) is 5.75 Å². The molecule has 0 saturated heterocycles. The highest BCUT2D eigenvalue weighted by molar-refractivity contribution is 6.30. The van der Waals surface area contributed by atoms with Crippen LogP contribution in [0.25, 0.3) is 0 Å². The fraction of sp³-hybridized carbons (Fsp3) is 0.214. The van der Waals surface area contributed by atoms with Crippen LogP contribution >= 0.6 is 11.6 Å². The molecule has 98 valence electrons. The highest BCUT2D eigenvalue weighted by Crippen LogP contribution is 2.40. The van der Waals surface area contributed by atoms with Crippen molar-refractivity contribution in [1.82, 2.24) is 4.98 Å². The van der Waals surface area contributed by atoms with Crippen molar-refractivity contribution in [3.8, 4) is 5.75 Å². The number of fused-ring (bicyclic) bond motifs is 1. The van der Waals surface area contributed by atoms with Crippen LogP contribution in [0.3, 0.4) is 0 Å². The molecule has 0 radical (unpaired) electrons. The van der Waals surface area contributed by atoms with E-state index in [-0.39, 0.29) is 5.02 Å². The molecule has 0 bridgehead atoms. The Balaban J connectivity index is 2.16. The van der Waals surface area contributed by atoms with E-state index in [1.807, 2.05) is 0 Å². The van der Waals surface area contributed by atoms with Crippen molar-refractivity contribution in [1.29, 1.82) is 0 Å². The fourth-order valence-corrected chi connectivity index (χ4v) is 2.40. The minimum Gasteiger partial charge on any atom is -0.491 e. The van der Waals surface area contributed by atoms with Gasteiger partial charge in [0, 0.05) is 12.6 Å². The third-order valence-electron chi connectivity index (χ3n) is 3.28. The van der Waals surface area contributed by atoms with Gasteiger partial charge in [0.25, 0.3) is 0 Å². The van der Waals surface area contributed by atoms with Crippen molar-refractivity contribution in [2.75, 3.05) is 6.61 Å². The quantitative estimate of drug-likeness (QED) is 0.873. The van der Waals surface area contributed by atoms with E-state index in [1.165, 1.54) is 12.1 Å². The number of rotatable bonds is 1. The van der Waals surface area contributed by atoms with Crippen LogP contribution in [0.15, 0.2) is 36.5 Å². The lowest BCUT2D eigenvalue weighted by Gasteiger charge is -2.33. The Bertz CT molecular complexity index is 635. The summed E-state index contributed by atoms with van der Waals surface area (Å²) in [4.78, 5) is 4.17. The highest BCUT2D eigenvalue weighted by atomic mass is 35.5. The molecule has 0 aliphatic carbocycles. The molecule has 19 heavy (non-hydrogen) atoms. The zero-order valence-electron chi connectivity index (χ0n) is 9.94. The molecule has 5 heteroatoms. The molecule has 1 aliphatic rings. The summed E-state index contributed by atoms with van der Waals surface area (Å²) in [6.07, 6.45) is 1.89. The molecule has 1 aromatic carbocycles. The lowest BCUT2D eigenvalue weighted by molar-refractivity contribution is 0.0298. The summed E-state index contributed by atoms with van der Waals surface area (Å²) in [5, 5.41) is 10.9. The summed E-state index contributed by atoms with van der Waals surface area (Å²) < 4.78 is 19.0. The molecular weight excluding hydrogens is 269 g/mol. The number of hydrogen-bond acceptors (Lipinski definition) is 3. The molecule has 1 aliphatic heterocycles. The summed E-state index contributed by atoms with van der Waals surface area (Å²) in [7, 11) is 0. The van der Waals surface area contributed by atoms with Gasteiger partial charge in [0.2, 0.25) is 0 Å². The zero-order chi connectivity index (χ0) is 13.5. The second-order valence-corrected chi connectivity index (χ2v) is 4.84. The van der Waals surface area contributed by atoms with Crippen LogP contribution in [-0.4, -0.2) is 16.7 Å². The van der Waals surface area contributed by atoms with E-state index in [1.54, 1.807) is 24.4 Å². The molecule has 0 amide bonds. The van der Waals surface area contributed by atoms with E-state index >= 15 is 0 Å². The first-order valence-electron chi connectivity index (χ1n) is 5.87. The van der Waals surface area contributed by atoms with Gasteiger partial charge in [0.1, 0.15) is 22.9 Å². The van der Waals surface area contributed by atoms with Crippen LogP contribution in [0.2, 0.25) is 5.02 Å². The lowest BCUT2D eigenvalue weighted by Crippen LogP contribution is -2.35. The first-order chi connectivity index (χ1) is 9.11. The van der Waals surface area contributed by atoms with Gasteiger partial charge in [-0.2, -0.15) is 0 Å². The Kier molecular flexibility index (Phi) is 2.92. The van der Waals surface area contributed by atoms with E-state index in [2.05, 4.69) is 4.98 Å². The summed E-state index contributed by atoms with van der Waals surface area (Å²) in [6, 6.07) is 7.75. The maximum Gasteiger partial charge on any atom is 0.144 e. The molecule has 0 fully saturated rings. The first-order valence-corrected chi connectivity index (χ1v) is 6.25. The van der Waals surface area contributed by atoms with E-state index in [4.69, 9.17) is 16.3 Å². The van der Waals surface area contributed by atoms with Crippen molar-refractivity contribution in [3.63, 3.8) is 0 Å². The van der Waals surface area contributed by atoms with Crippen LogP contribution in [0.4, 0.5) is 4.39 Å². The summed E-state index contributed by atoms with van der Waals surface area (Å²) in [6.45, 7) is 0.347. The molecule has 0 spiro atoms. The Morgan fingerprint density at radius 2 is 2.21 bits per heavy atom. The van der Waals surface area contributed by atoms with Crippen LogP contribution in [0.1, 0.15) is 17.7 Å². The summed E-state index contributed by atoms with van der Waals surface area (Å²) in [5.74, 6) is -0.0387. The molecule has 1 N–H and O–H groups in total. The topological polar surface area (TPSA) is 42.4 Å². The standard InChI is InChI=1S/C14H11ClFNO2/c15-10-4-3-9(8-11(10)16)14(18)5-7-19-12-2-1-6-17-13(12)14/h1-4,6,8,18H,5,7H2. The average molecular weight is 280 g/mol. The van der Waals surface area contributed by atoms with Gasteiger partial charge in [-0.1, -0.05) is 17.7 Å². The SMILES string of the molecule is OC1(c2ccc(Cl)c(F)c2)CCOc2cccnc21. The molecule has 3 nitrogen and oxygen atoms in total. The van der Waals surface area contributed by atoms with Crippen LogP contribution < -0.4 is 4.74 Å². The van der Waals surface area contributed by atoms with Gasteiger partial charge in [0.05, 0.1) is 11.6 Å². The number of hydrogen-bond donors (Lipinski definition) is 1. The largest absolute Gasteiger partial charge is 0.491 e. The van der Waals surface area contributed by atoms with E-state index < -0.39 is 11.4 Å². The maximum absolute atomic E-state index is 13.6. The van der Waals surface area contributed by atoms with E-state index in [0.29, 0.717) is 30.0 Å². The van der Waals surface area contributed by atoms with Gasteiger partial charge in [0.15, 0.2) is 0 Å². The van der Waals surface area contributed by atoms with Crippen molar-refractivity contribution in [2.24, 2.45) is 0 Å². The molecule has 1 atom stereocenters. The molecule has 2 aromatic rings. The van der Waals surface area contributed by atoms with Crippen LogP contribution in [0, 0.1) is 5.82 Å². The van der Waals surface area contributed by atoms with Crippen LogP contribution in [-0.2, 0) is 5.60 Å². The smallest absolute Gasteiger partial charge is 0.144 e. The summed E-state index contributed by atoms with van der Waals surface area (Å²) in [5.41, 5.74) is -0.513. The number of benzene rings is 1. The Morgan fingerprint density at radius 1 is 1.37 bits per heavy atom. The van der Waals surface area contributed by atoms with Gasteiger partial charge in [-0.3, -0.25) is 4.98 Å². The van der Waals surface area contributed by atoms with Crippen molar-refractivity contribution < 1.29 is 14.2 Å². The monoisotopic (exact) mass is 279 g/mol. The number of aromatic nitrogens is 1. The second kappa shape index (κ2) is 4.47. The van der Waals surface area contributed by atoms with E-state index in [9.17, 15) is 9.50 Å². The molecule has 0 saturated carbocycles. The summed E-state index contributed by atoms with van der Waals surface area (Å²) >= 11 is 5.67. The van der Waals surface area contributed by atoms with Crippen molar-refractivity contribution in [3.05, 3.63) is 58.6 Å². The number of nitrogens with zero attached hydrogens (tertiary/aromatic N) is 1. The average Bonchev–Trinajstić information content (AvgIpc) is 2.42. The highest BCUT2D eigenvalue weighted by Gasteiger charge is 2.39. The van der Waals surface area contributed by atoms with E-state index in [0.717, 1.165) is 0 Å². The lowest BCUT2D eigenvalue weighted by atomic mass is 9.85. The predicted molar refractivity (Wildman–Crippen MR) is 68.8 cm³/mol. The normalized spacial score (nSPS) is 21.6. The number of pyridine rings is 1. The third-order valence-corrected chi connectivity index (χ3v) is 3.59. The molecule has 3 rings (SSSR count). The Hall–Kier alpha value is -1.65. The van der Waals surface area contributed by atoms with Gasteiger partial charge in [-0.25, -0.2) is 4.39 Å². The third kappa shape index (κ3) is 1.97. The number of aliphatic hydroxyl groups is 1. The Labute approximate surface area is 114 Å². The second-order valence-electron chi connectivity index (χ2n) is 4.44. The fourth-order valence-electron chi connectivity index (χ4n) is 2.28. The van der Waals surface area contributed by atoms with Crippen molar-refractivity contribution in [2.45, 2.75) is 12.0 Å². The van der Waals surface area contributed by atoms with Gasteiger partial charge in [-0.05, 0) is 29.8 Å². The first kappa shape index (κ1) is 12.4.